The number of benzene rings is 4. The fourth-order valence-corrected chi connectivity index (χ4v) is 9.69. The first kappa shape index (κ1) is 29.7. The molecular formula is C36H45NP2. The fourth-order valence-electron chi connectivity index (χ4n) is 4.66. The van der Waals surface area contributed by atoms with Gasteiger partial charge in [0, 0.05) is 16.1 Å². The van der Waals surface area contributed by atoms with E-state index in [4.69, 9.17) is 0 Å². The molecule has 0 aromatic heterocycles. The van der Waals surface area contributed by atoms with Gasteiger partial charge < -0.3 is 0 Å². The molecule has 0 saturated carbocycles. The first-order valence-electron chi connectivity index (χ1n) is 14.4. The van der Waals surface area contributed by atoms with Crippen LogP contribution in [0.1, 0.15) is 101 Å². The van der Waals surface area contributed by atoms with Gasteiger partial charge in [0.1, 0.15) is 0 Å². The van der Waals surface area contributed by atoms with Gasteiger partial charge in [-0.15, -0.1) is 0 Å². The molecule has 204 valence electrons. The van der Waals surface area contributed by atoms with Crippen molar-refractivity contribution < 1.29 is 0 Å². The van der Waals surface area contributed by atoms with Crippen molar-refractivity contribution in [1.82, 2.24) is 4.86 Å². The number of rotatable bonds is 10. The molecule has 0 radical (unpaired) electrons. The molecule has 0 atom stereocenters. The van der Waals surface area contributed by atoms with Crippen molar-refractivity contribution in [3.05, 3.63) is 119 Å². The summed E-state index contributed by atoms with van der Waals surface area (Å²) in [6.07, 6.45) is 0. The van der Waals surface area contributed by atoms with Gasteiger partial charge >= 0.3 is 0 Å². The molecule has 0 fully saturated rings. The van der Waals surface area contributed by atoms with E-state index in [9.17, 15) is 0 Å². The van der Waals surface area contributed by atoms with Gasteiger partial charge in [-0.2, -0.15) is 0 Å². The maximum absolute atomic E-state index is 4.24. The predicted octanol–water partition coefficient (Wildman–Crippen LogP) is 9.17. The highest BCUT2D eigenvalue weighted by molar-refractivity contribution is 7.85. The van der Waals surface area contributed by atoms with Crippen molar-refractivity contribution in [3.8, 4) is 0 Å². The average molecular weight is 554 g/mol. The zero-order valence-corrected chi connectivity index (χ0v) is 26.7. The van der Waals surface area contributed by atoms with Crippen LogP contribution in [-0.2, 0) is 0 Å². The molecule has 4 aromatic carbocycles. The minimum atomic E-state index is -0.762. The highest BCUT2D eigenvalue weighted by atomic mass is 31.2. The van der Waals surface area contributed by atoms with Gasteiger partial charge in [-0.05, 0) is 67.1 Å². The molecule has 0 aliphatic rings. The molecule has 0 aliphatic carbocycles. The summed E-state index contributed by atoms with van der Waals surface area (Å²) in [6.45, 7) is 18.1. The van der Waals surface area contributed by atoms with Crippen LogP contribution in [0.25, 0.3) is 0 Å². The molecule has 4 aromatic rings. The fraction of sp³-hybridized carbons (Fsp3) is 0.333. The second-order valence-corrected chi connectivity index (χ2v) is 16.0. The molecule has 1 N–H and O–H groups in total. The third-order valence-electron chi connectivity index (χ3n) is 7.47. The van der Waals surface area contributed by atoms with E-state index in [2.05, 4.69) is 157 Å². The Labute approximate surface area is 240 Å². The van der Waals surface area contributed by atoms with Gasteiger partial charge in [-0.3, -0.25) is 4.86 Å². The van der Waals surface area contributed by atoms with Crippen molar-refractivity contribution in [2.24, 2.45) is 0 Å². The van der Waals surface area contributed by atoms with Crippen molar-refractivity contribution in [2.75, 3.05) is 0 Å². The molecular weight excluding hydrogens is 508 g/mol. The monoisotopic (exact) mass is 553 g/mol. The Morgan fingerprint density at radius 1 is 0.333 bits per heavy atom. The van der Waals surface area contributed by atoms with E-state index in [0.717, 1.165) is 0 Å². The Morgan fingerprint density at radius 3 is 0.667 bits per heavy atom. The zero-order chi connectivity index (χ0) is 28.1. The van der Waals surface area contributed by atoms with E-state index in [-0.39, 0.29) is 0 Å². The molecule has 3 heteroatoms. The second-order valence-electron chi connectivity index (χ2n) is 11.8. The van der Waals surface area contributed by atoms with Crippen LogP contribution < -0.4 is 26.1 Å². The van der Waals surface area contributed by atoms with Crippen LogP contribution in [0.2, 0.25) is 0 Å². The SMILES string of the molecule is CC(C)c1ccc(P(NP(c2ccc(C(C)C)cc2)c2ccc(C(C)C)cc2)c2ccc(C(C)C)cc2)cc1. The lowest BCUT2D eigenvalue weighted by atomic mass is 10.0. The Bertz CT molecular complexity index is 1090. The van der Waals surface area contributed by atoms with E-state index >= 15 is 0 Å². The normalized spacial score (nSPS) is 12.1. The quantitative estimate of drug-likeness (QED) is 0.193. The van der Waals surface area contributed by atoms with Gasteiger partial charge in [0.2, 0.25) is 0 Å². The summed E-state index contributed by atoms with van der Waals surface area (Å²) < 4.78 is 0. The molecule has 0 spiro atoms. The third-order valence-corrected chi connectivity index (χ3v) is 12.3. The number of hydrogen-bond donors (Lipinski definition) is 1. The first-order chi connectivity index (χ1) is 18.6. The maximum atomic E-state index is 4.24. The van der Waals surface area contributed by atoms with E-state index in [1.54, 1.807) is 0 Å². The van der Waals surface area contributed by atoms with Crippen LogP contribution in [0.3, 0.4) is 0 Å². The number of nitrogens with one attached hydrogen (secondary N) is 1. The lowest BCUT2D eigenvalue weighted by Gasteiger charge is -2.28. The van der Waals surface area contributed by atoms with E-state index in [1.807, 2.05) is 0 Å². The van der Waals surface area contributed by atoms with Crippen molar-refractivity contribution in [3.63, 3.8) is 0 Å². The highest BCUT2D eigenvalue weighted by Gasteiger charge is 2.23. The molecule has 4 rings (SSSR count). The van der Waals surface area contributed by atoms with Crippen molar-refractivity contribution in [1.29, 1.82) is 0 Å². The molecule has 0 saturated heterocycles. The summed E-state index contributed by atoms with van der Waals surface area (Å²) in [5.41, 5.74) is 5.55. The summed E-state index contributed by atoms with van der Waals surface area (Å²) in [4.78, 5) is 4.24. The van der Waals surface area contributed by atoms with E-state index < -0.39 is 16.1 Å². The summed E-state index contributed by atoms with van der Waals surface area (Å²) in [7, 11) is -1.52. The largest absolute Gasteiger partial charge is 0.259 e. The second kappa shape index (κ2) is 13.4. The summed E-state index contributed by atoms with van der Waals surface area (Å²) >= 11 is 0. The maximum Gasteiger partial charge on any atom is 0.0294 e. The lowest BCUT2D eigenvalue weighted by molar-refractivity contribution is 0.867. The molecule has 0 bridgehead atoms. The molecule has 39 heavy (non-hydrogen) atoms. The lowest BCUT2D eigenvalue weighted by Crippen LogP contribution is -2.27. The molecule has 0 heterocycles. The average Bonchev–Trinajstić information content (AvgIpc) is 2.94. The Balaban J connectivity index is 1.79. The van der Waals surface area contributed by atoms with Gasteiger partial charge in [-0.1, -0.05) is 152 Å². The molecule has 0 unspecified atom stereocenters. The zero-order valence-electron chi connectivity index (χ0n) is 24.9. The van der Waals surface area contributed by atoms with Crippen LogP contribution in [0.15, 0.2) is 97.1 Å². The summed E-state index contributed by atoms with van der Waals surface area (Å²) in [5, 5.41) is 5.49. The Kier molecular flexibility index (Phi) is 10.2. The Morgan fingerprint density at radius 2 is 0.513 bits per heavy atom. The minimum absolute atomic E-state index is 0.527. The molecule has 0 aliphatic heterocycles. The Hall–Kier alpha value is -2.30. The third kappa shape index (κ3) is 7.46. The van der Waals surface area contributed by atoms with E-state index in [0.29, 0.717) is 23.7 Å². The van der Waals surface area contributed by atoms with Crippen molar-refractivity contribution in [2.45, 2.75) is 79.1 Å². The summed E-state index contributed by atoms with van der Waals surface area (Å²) in [6, 6.07) is 37.3. The van der Waals surface area contributed by atoms with Crippen LogP contribution >= 0.6 is 16.1 Å². The minimum Gasteiger partial charge on any atom is -0.259 e. The van der Waals surface area contributed by atoms with Crippen LogP contribution in [-0.4, -0.2) is 0 Å². The summed E-state index contributed by atoms with van der Waals surface area (Å²) in [5.74, 6) is 2.11. The van der Waals surface area contributed by atoms with Crippen LogP contribution in [0, 0.1) is 0 Å². The highest BCUT2D eigenvalue weighted by Crippen LogP contribution is 2.43. The van der Waals surface area contributed by atoms with Gasteiger partial charge in [0.05, 0.1) is 0 Å². The van der Waals surface area contributed by atoms with Crippen LogP contribution in [0.5, 0.6) is 0 Å². The van der Waals surface area contributed by atoms with Crippen molar-refractivity contribution >= 4 is 37.4 Å². The van der Waals surface area contributed by atoms with E-state index in [1.165, 1.54) is 43.5 Å². The van der Waals surface area contributed by atoms with Gasteiger partial charge in [0.15, 0.2) is 0 Å². The predicted molar refractivity (Wildman–Crippen MR) is 178 cm³/mol. The van der Waals surface area contributed by atoms with Crippen LogP contribution in [0.4, 0.5) is 0 Å². The van der Waals surface area contributed by atoms with Gasteiger partial charge in [0.25, 0.3) is 0 Å². The molecule has 1 nitrogen and oxygen atoms in total. The number of hydrogen-bond acceptors (Lipinski definition) is 1. The smallest absolute Gasteiger partial charge is 0.0294 e. The topological polar surface area (TPSA) is 12.0 Å². The van der Waals surface area contributed by atoms with Gasteiger partial charge in [-0.25, -0.2) is 0 Å². The first-order valence-corrected chi connectivity index (χ1v) is 17.1. The molecule has 0 amide bonds. The standard InChI is InChI=1S/C36H45NP2/c1-25(2)29-9-17-33(18-10-29)38(34-19-11-30(12-20-34)26(3)4)37-39(35-21-13-31(14-22-35)27(5)6)36-23-15-32(16-24-36)28(7)8/h9-28,37H,1-8H3.